The molecule has 0 aliphatic heterocycles. The molecule has 0 atom stereocenters. The topological polar surface area (TPSA) is 22.0 Å². The van der Waals surface area contributed by atoms with Gasteiger partial charge in [-0.05, 0) is 24.0 Å². The molecule has 1 aromatic rings. The van der Waals surface area contributed by atoms with Crippen molar-refractivity contribution < 1.29 is 0 Å². The maximum Gasteiger partial charge on any atom is 0.307 e. The van der Waals surface area contributed by atoms with E-state index in [0.717, 1.165) is 12.3 Å². The maximum absolute atomic E-state index is 11.5. The fraction of sp³-hybridized carbons (Fsp3) is 0.727. The summed E-state index contributed by atoms with van der Waals surface area (Å²) in [7, 11) is 0. The molecule has 0 spiro atoms. The van der Waals surface area contributed by atoms with Gasteiger partial charge in [-0.2, -0.15) is 12.6 Å². The van der Waals surface area contributed by atoms with Crippen molar-refractivity contribution in [2.75, 3.05) is 5.75 Å². The Labute approximate surface area is 99.7 Å². The highest BCUT2D eigenvalue weighted by atomic mass is 32.1. The van der Waals surface area contributed by atoms with E-state index in [1.807, 2.05) is 16.1 Å². The first-order valence-corrected chi connectivity index (χ1v) is 7.02. The van der Waals surface area contributed by atoms with Crippen molar-refractivity contribution in [1.82, 2.24) is 4.57 Å². The van der Waals surface area contributed by atoms with E-state index in [1.165, 1.54) is 43.4 Å². The summed E-state index contributed by atoms with van der Waals surface area (Å²) in [6, 6.07) is 0. The van der Waals surface area contributed by atoms with Crippen molar-refractivity contribution in [3.8, 4) is 0 Å². The number of hydrogen-bond donors (Lipinski definition) is 1. The molecule has 1 aliphatic rings. The van der Waals surface area contributed by atoms with Crippen LogP contribution in [0, 0.1) is 5.41 Å². The Morgan fingerprint density at radius 2 is 2.13 bits per heavy atom. The van der Waals surface area contributed by atoms with Gasteiger partial charge in [0, 0.05) is 18.1 Å². The first kappa shape index (κ1) is 11.3. The molecule has 0 aromatic carbocycles. The van der Waals surface area contributed by atoms with Crippen molar-refractivity contribution in [1.29, 1.82) is 0 Å². The van der Waals surface area contributed by atoms with Crippen LogP contribution in [0.5, 0.6) is 0 Å². The van der Waals surface area contributed by atoms with Crippen molar-refractivity contribution in [3.63, 3.8) is 0 Å². The van der Waals surface area contributed by atoms with Crippen LogP contribution in [0.2, 0.25) is 0 Å². The molecule has 0 radical (unpaired) electrons. The van der Waals surface area contributed by atoms with Crippen molar-refractivity contribution >= 4 is 24.0 Å². The highest BCUT2D eigenvalue weighted by Gasteiger charge is 2.31. The smallest absolute Gasteiger partial charge is 0.305 e. The van der Waals surface area contributed by atoms with Crippen molar-refractivity contribution in [3.05, 3.63) is 21.2 Å². The average Bonchev–Trinajstić information content (AvgIpc) is 2.66. The van der Waals surface area contributed by atoms with Gasteiger partial charge in [0.15, 0.2) is 0 Å². The van der Waals surface area contributed by atoms with Gasteiger partial charge in [-0.25, -0.2) is 0 Å². The molecule has 1 heterocycles. The molecule has 0 unspecified atom stereocenters. The summed E-state index contributed by atoms with van der Waals surface area (Å²) in [6.07, 6.45) is 8.28. The Bertz CT molecular complexity index is 363. The third-order valence-electron chi connectivity index (χ3n) is 3.40. The lowest BCUT2D eigenvalue weighted by molar-refractivity contribution is 0.189. The third kappa shape index (κ3) is 2.48. The number of hydrogen-bond acceptors (Lipinski definition) is 3. The Morgan fingerprint density at radius 1 is 1.40 bits per heavy atom. The second-order valence-electron chi connectivity index (χ2n) is 4.52. The van der Waals surface area contributed by atoms with E-state index in [2.05, 4.69) is 12.6 Å². The molecule has 1 aliphatic carbocycles. The zero-order valence-corrected chi connectivity index (χ0v) is 10.5. The minimum absolute atomic E-state index is 0.168. The molecule has 1 saturated carbocycles. The average molecular weight is 243 g/mol. The number of aromatic nitrogens is 1. The normalized spacial score (nSPS) is 20.3. The van der Waals surface area contributed by atoms with E-state index in [1.54, 1.807) is 0 Å². The molecular weight excluding hydrogens is 226 g/mol. The molecule has 0 amide bonds. The lowest BCUT2D eigenvalue weighted by atomic mass is 9.75. The van der Waals surface area contributed by atoms with E-state index in [-0.39, 0.29) is 10.3 Å². The van der Waals surface area contributed by atoms with Gasteiger partial charge in [-0.1, -0.05) is 30.6 Å². The van der Waals surface area contributed by atoms with Crippen LogP contribution in [0.3, 0.4) is 0 Å². The molecule has 1 aromatic heterocycles. The van der Waals surface area contributed by atoms with Crippen LogP contribution >= 0.6 is 24.0 Å². The molecule has 84 valence electrons. The second-order valence-corrected chi connectivity index (χ2v) is 5.69. The number of thiol groups is 1. The summed E-state index contributed by atoms with van der Waals surface area (Å²) >= 11 is 5.77. The SMILES string of the molecule is O=c1sccn1CC1(CS)CCCCC1. The zero-order chi connectivity index (χ0) is 10.7. The lowest BCUT2D eigenvalue weighted by Gasteiger charge is -2.36. The highest BCUT2D eigenvalue weighted by Crippen LogP contribution is 2.38. The lowest BCUT2D eigenvalue weighted by Crippen LogP contribution is -2.33. The van der Waals surface area contributed by atoms with Crippen molar-refractivity contribution in [2.45, 2.75) is 38.6 Å². The van der Waals surface area contributed by atoms with Crippen LogP contribution < -0.4 is 4.87 Å². The van der Waals surface area contributed by atoms with E-state index in [9.17, 15) is 4.79 Å². The second kappa shape index (κ2) is 4.74. The largest absolute Gasteiger partial charge is 0.307 e. The molecule has 1 fully saturated rings. The summed E-state index contributed by atoms with van der Waals surface area (Å²) in [5, 5.41) is 1.87. The zero-order valence-electron chi connectivity index (χ0n) is 8.82. The quantitative estimate of drug-likeness (QED) is 0.810. The summed E-state index contributed by atoms with van der Waals surface area (Å²) < 4.78 is 1.85. The van der Waals surface area contributed by atoms with Crippen LogP contribution in [0.15, 0.2) is 16.4 Å². The molecule has 2 rings (SSSR count). The first-order valence-electron chi connectivity index (χ1n) is 5.51. The summed E-state index contributed by atoms with van der Waals surface area (Å²) in [5.74, 6) is 0.898. The van der Waals surface area contributed by atoms with E-state index < -0.39 is 0 Å². The van der Waals surface area contributed by atoms with Gasteiger partial charge < -0.3 is 4.57 Å². The Morgan fingerprint density at radius 3 is 2.67 bits per heavy atom. The number of nitrogens with zero attached hydrogens (tertiary/aromatic N) is 1. The van der Waals surface area contributed by atoms with Gasteiger partial charge >= 0.3 is 4.87 Å². The van der Waals surface area contributed by atoms with Crippen LogP contribution in [-0.2, 0) is 6.54 Å². The van der Waals surface area contributed by atoms with E-state index in [0.29, 0.717) is 0 Å². The number of rotatable bonds is 3. The monoisotopic (exact) mass is 243 g/mol. The molecule has 0 N–H and O–H groups in total. The predicted octanol–water partition coefficient (Wildman–Crippen LogP) is 2.79. The van der Waals surface area contributed by atoms with Crippen LogP contribution in [-0.4, -0.2) is 10.3 Å². The molecule has 0 bridgehead atoms. The van der Waals surface area contributed by atoms with Crippen LogP contribution in [0.1, 0.15) is 32.1 Å². The maximum atomic E-state index is 11.5. The fourth-order valence-electron chi connectivity index (χ4n) is 2.44. The first-order chi connectivity index (χ1) is 7.26. The fourth-order valence-corrected chi connectivity index (χ4v) is 3.44. The van der Waals surface area contributed by atoms with Crippen LogP contribution in [0.4, 0.5) is 0 Å². The van der Waals surface area contributed by atoms with E-state index >= 15 is 0 Å². The van der Waals surface area contributed by atoms with Gasteiger partial charge in [0.25, 0.3) is 0 Å². The molecule has 0 saturated heterocycles. The third-order valence-corrected chi connectivity index (χ3v) is 4.76. The van der Waals surface area contributed by atoms with Crippen LogP contribution in [0.25, 0.3) is 0 Å². The number of thiazole rings is 1. The van der Waals surface area contributed by atoms with Gasteiger partial charge in [-0.15, -0.1) is 0 Å². The van der Waals surface area contributed by atoms with Gasteiger partial charge in [-0.3, -0.25) is 4.79 Å². The molecule has 2 nitrogen and oxygen atoms in total. The minimum Gasteiger partial charge on any atom is -0.305 e. The minimum atomic E-state index is 0.168. The highest BCUT2D eigenvalue weighted by molar-refractivity contribution is 7.80. The molecule has 4 heteroatoms. The van der Waals surface area contributed by atoms with E-state index in [4.69, 9.17) is 0 Å². The summed E-state index contributed by atoms with van der Waals surface area (Å²) in [6.45, 7) is 0.860. The molecule has 15 heavy (non-hydrogen) atoms. The molecular formula is C11H17NOS2. The van der Waals surface area contributed by atoms with Gasteiger partial charge in [0.2, 0.25) is 0 Å². The van der Waals surface area contributed by atoms with Crippen molar-refractivity contribution in [2.24, 2.45) is 5.41 Å². The Balaban J connectivity index is 2.14. The Kier molecular flexibility index (Phi) is 3.57. The summed E-state index contributed by atoms with van der Waals surface area (Å²) in [4.78, 5) is 11.7. The van der Waals surface area contributed by atoms with Gasteiger partial charge in [0.1, 0.15) is 0 Å². The van der Waals surface area contributed by atoms with Gasteiger partial charge in [0.05, 0.1) is 0 Å². The summed E-state index contributed by atoms with van der Waals surface area (Å²) in [5.41, 5.74) is 0.270. The standard InChI is InChI=1S/C11H17NOS2/c13-10-12(6-7-15-10)8-11(9-14)4-2-1-3-5-11/h6-7,14H,1-5,8-9H2. The predicted molar refractivity (Wildman–Crippen MR) is 68.0 cm³/mol. The Hall–Kier alpha value is -0.220.